The summed E-state index contributed by atoms with van der Waals surface area (Å²) >= 11 is 0. The summed E-state index contributed by atoms with van der Waals surface area (Å²) in [6.07, 6.45) is 0.429. The van der Waals surface area contributed by atoms with Crippen LogP contribution in [0.4, 0.5) is 0 Å². The third-order valence-electron chi connectivity index (χ3n) is 4.35. The van der Waals surface area contributed by atoms with Crippen LogP contribution in [0.25, 0.3) is 0 Å². The average molecular weight is 371 g/mol. The minimum atomic E-state index is -0.426. The second-order valence-corrected chi connectivity index (χ2v) is 6.75. The van der Waals surface area contributed by atoms with Crippen molar-refractivity contribution in [3.05, 3.63) is 59.7 Å². The number of hydrogen-bond acceptors (Lipinski definition) is 4. The molecule has 0 bridgehead atoms. The SMILES string of the molecule is COc1cc(C)ccc1OCCC(=O)NCC(CC(C)O)c1ccccc1. The van der Waals surface area contributed by atoms with Gasteiger partial charge in [-0.1, -0.05) is 36.4 Å². The molecule has 2 N–H and O–H groups in total. The molecule has 2 aromatic carbocycles. The van der Waals surface area contributed by atoms with Crippen LogP contribution in [0.3, 0.4) is 0 Å². The van der Waals surface area contributed by atoms with Gasteiger partial charge < -0.3 is 19.9 Å². The first kappa shape index (κ1) is 20.8. The van der Waals surface area contributed by atoms with Crippen molar-refractivity contribution >= 4 is 5.91 Å². The van der Waals surface area contributed by atoms with Crippen LogP contribution in [-0.4, -0.2) is 37.4 Å². The Balaban J connectivity index is 1.82. The van der Waals surface area contributed by atoms with Gasteiger partial charge in [0.2, 0.25) is 5.91 Å². The van der Waals surface area contributed by atoms with Crippen molar-refractivity contribution in [2.45, 2.75) is 38.7 Å². The summed E-state index contributed by atoms with van der Waals surface area (Å²) in [6.45, 7) is 4.51. The molecule has 0 fully saturated rings. The van der Waals surface area contributed by atoms with Gasteiger partial charge in [0.15, 0.2) is 11.5 Å². The number of nitrogens with one attached hydrogen (secondary N) is 1. The maximum Gasteiger partial charge on any atom is 0.223 e. The van der Waals surface area contributed by atoms with E-state index in [1.807, 2.05) is 55.5 Å². The zero-order valence-electron chi connectivity index (χ0n) is 16.3. The average Bonchev–Trinajstić information content (AvgIpc) is 2.66. The molecule has 0 aliphatic carbocycles. The first-order chi connectivity index (χ1) is 13.0. The van der Waals surface area contributed by atoms with E-state index in [9.17, 15) is 9.90 Å². The van der Waals surface area contributed by atoms with Crippen LogP contribution in [0.5, 0.6) is 11.5 Å². The lowest BCUT2D eigenvalue weighted by Gasteiger charge is -2.19. The minimum absolute atomic E-state index is 0.0763. The second kappa shape index (κ2) is 10.6. The molecule has 0 aliphatic rings. The first-order valence-corrected chi connectivity index (χ1v) is 9.26. The van der Waals surface area contributed by atoms with Crippen LogP contribution in [0.1, 0.15) is 36.8 Å². The fraction of sp³-hybridized carbons (Fsp3) is 0.409. The topological polar surface area (TPSA) is 67.8 Å². The first-order valence-electron chi connectivity index (χ1n) is 9.26. The molecule has 2 unspecified atom stereocenters. The van der Waals surface area contributed by atoms with Gasteiger partial charge in [-0.05, 0) is 43.5 Å². The lowest BCUT2D eigenvalue weighted by Crippen LogP contribution is -2.30. The van der Waals surface area contributed by atoms with Crippen LogP contribution in [0.2, 0.25) is 0 Å². The molecule has 0 heterocycles. The summed E-state index contributed by atoms with van der Waals surface area (Å²) in [6, 6.07) is 15.6. The zero-order valence-corrected chi connectivity index (χ0v) is 16.3. The van der Waals surface area contributed by atoms with E-state index in [2.05, 4.69) is 5.32 Å². The summed E-state index contributed by atoms with van der Waals surface area (Å²) in [4.78, 5) is 12.2. The van der Waals surface area contributed by atoms with E-state index in [1.54, 1.807) is 14.0 Å². The van der Waals surface area contributed by atoms with Gasteiger partial charge in [0, 0.05) is 12.5 Å². The van der Waals surface area contributed by atoms with E-state index < -0.39 is 6.10 Å². The highest BCUT2D eigenvalue weighted by molar-refractivity contribution is 5.76. The van der Waals surface area contributed by atoms with Crippen molar-refractivity contribution in [1.82, 2.24) is 5.32 Å². The maximum atomic E-state index is 12.2. The van der Waals surface area contributed by atoms with E-state index >= 15 is 0 Å². The second-order valence-electron chi connectivity index (χ2n) is 6.75. The Morgan fingerprint density at radius 2 is 1.89 bits per heavy atom. The molecule has 0 radical (unpaired) electrons. The smallest absolute Gasteiger partial charge is 0.223 e. The summed E-state index contributed by atoms with van der Waals surface area (Å²) in [5.74, 6) is 1.30. The third kappa shape index (κ3) is 6.94. The summed E-state index contributed by atoms with van der Waals surface area (Å²) in [7, 11) is 1.60. The van der Waals surface area contributed by atoms with Crippen molar-refractivity contribution in [3.63, 3.8) is 0 Å². The van der Waals surface area contributed by atoms with Gasteiger partial charge in [-0.25, -0.2) is 0 Å². The number of rotatable bonds is 10. The van der Waals surface area contributed by atoms with Crippen LogP contribution < -0.4 is 14.8 Å². The highest BCUT2D eigenvalue weighted by atomic mass is 16.5. The number of aliphatic hydroxyl groups excluding tert-OH is 1. The predicted octanol–water partition coefficient (Wildman–Crippen LogP) is 3.44. The Kier molecular flexibility index (Phi) is 8.14. The third-order valence-corrected chi connectivity index (χ3v) is 4.35. The minimum Gasteiger partial charge on any atom is -0.493 e. The number of carbonyl (C=O) groups excluding carboxylic acids is 1. The molecule has 5 heteroatoms. The molecular weight excluding hydrogens is 342 g/mol. The normalized spacial score (nSPS) is 12.9. The Morgan fingerprint density at radius 3 is 2.56 bits per heavy atom. The quantitative estimate of drug-likeness (QED) is 0.671. The molecule has 0 aliphatic heterocycles. The highest BCUT2D eigenvalue weighted by Gasteiger charge is 2.15. The number of amides is 1. The van der Waals surface area contributed by atoms with Gasteiger partial charge >= 0.3 is 0 Å². The molecule has 146 valence electrons. The highest BCUT2D eigenvalue weighted by Crippen LogP contribution is 2.27. The van der Waals surface area contributed by atoms with Crippen molar-refractivity contribution in [2.75, 3.05) is 20.3 Å². The molecule has 0 saturated heterocycles. The van der Waals surface area contributed by atoms with Crippen LogP contribution in [0.15, 0.2) is 48.5 Å². The number of hydrogen-bond donors (Lipinski definition) is 2. The zero-order chi connectivity index (χ0) is 19.6. The molecule has 2 rings (SSSR count). The van der Waals surface area contributed by atoms with Crippen LogP contribution >= 0.6 is 0 Å². The monoisotopic (exact) mass is 371 g/mol. The molecule has 0 aromatic heterocycles. The largest absolute Gasteiger partial charge is 0.493 e. The van der Waals surface area contributed by atoms with Gasteiger partial charge in [-0.15, -0.1) is 0 Å². The van der Waals surface area contributed by atoms with E-state index in [0.29, 0.717) is 24.5 Å². The van der Waals surface area contributed by atoms with Crippen molar-refractivity contribution in [1.29, 1.82) is 0 Å². The lowest BCUT2D eigenvalue weighted by molar-refractivity contribution is -0.121. The Hall–Kier alpha value is -2.53. The van der Waals surface area contributed by atoms with Gasteiger partial charge in [0.05, 0.1) is 26.2 Å². The van der Waals surface area contributed by atoms with Gasteiger partial charge in [-0.3, -0.25) is 4.79 Å². The number of ether oxygens (including phenoxy) is 2. The molecule has 2 aromatic rings. The number of aryl methyl sites for hydroxylation is 1. The molecule has 0 saturated carbocycles. The fourth-order valence-electron chi connectivity index (χ4n) is 2.95. The van der Waals surface area contributed by atoms with Crippen molar-refractivity contribution in [3.8, 4) is 11.5 Å². The van der Waals surface area contributed by atoms with Gasteiger partial charge in [0.25, 0.3) is 0 Å². The number of carbonyl (C=O) groups is 1. The Labute approximate surface area is 161 Å². The number of benzene rings is 2. The predicted molar refractivity (Wildman–Crippen MR) is 106 cm³/mol. The summed E-state index contributed by atoms with van der Waals surface area (Å²) < 4.78 is 11.0. The van der Waals surface area contributed by atoms with Crippen molar-refractivity contribution < 1.29 is 19.4 Å². The Bertz CT molecular complexity index is 716. The molecule has 27 heavy (non-hydrogen) atoms. The van der Waals surface area contributed by atoms with Gasteiger partial charge in [-0.2, -0.15) is 0 Å². The standard InChI is InChI=1S/C22H29NO4/c1-16-9-10-20(21(13-16)26-3)27-12-11-22(25)23-15-19(14-17(2)24)18-7-5-4-6-8-18/h4-10,13,17,19,24H,11-12,14-15H2,1-3H3,(H,23,25). The Morgan fingerprint density at radius 1 is 1.15 bits per heavy atom. The molecular formula is C22H29NO4. The van der Waals surface area contributed by atoms with Crippen LogP contribution in [0, 0.1) is 6.92 Å². The van der Waals surface area contributed by atoms with E-state index in [1.165, 1.54) is 0 Å². The summed E-state index contributed by atoms with van der Waals surface area (Å²) in [5.41, 5.74) is 2.20. The summed E-state index contributed by atoms with van der Waals surface area (Å²) in [5, 5.41) is 12.7. The molecule has 5 nitrogen and oxygen atoms in total. The van der Waals surface area contributed by atoms with Gasteiger partial charge in [0.1, 0.15) is 0 Å². The fourth-order valence-corrected chi connectivity index (χ4v) is 2.95. The van der Waals surface area contributed by atoms with Crippen molar-refractivity contribution in [2.24, 2.45) is 0 Å². The van der Waals surface area contributed by atoms with Crippen LogP contribution in [-0.2, 0) is 4.79 Å². The van der Waals surface area contributed by atoms with E-state index in [0.717, 1.165) is 11.1 Å². The maximum absolute atomic E-state index is 12.2. The van der Waals surface area contributed by atoms with E-state index in [4.69, 9.17) is 9.47 Å². The molecule has 2 atom stereocenters. The number of aliphatic hydroxyl groups is 1. The number of methoxy groups -OCH3 is 1. The molecule has 0 spiro atoms. The molecule has 1 amide bonds. The lowest BCUT2D eigenvalue weighted by atomic mass is 9.93. The van der Waals surface area contributed by atoms with E-state index in [-0.39, 0.29) is 24.9 Å².